The molecule has 0 aliphatic rings. The average molecular weight is 208 g/mol. The smallest absolute Gasteiger partial charge is 0.250 e. The summed E-state index contributed by atoms with van der Waals surface area (Å²) in [5, 5.41) is 3.38. The summed E-state index contributed by atoms with van der Waals surface area (Å²) < 4.78 is 1.81. The molecule has 0 radical (unpaired) electrons. The predicted octanol–water partition coefficient (Wildman–Crippen LogP) is 1.54. The third-order valence-corrected chi connectivity index (χ3v) is 2.47. The van der Waals surface area contributed by atoms with Gasteiger partial charge in [-0.3, -0.25) is 4.79 Å². The monoisotopic (exact) mass is 208 g/mol. The van der Waals surface area contributed by atoms with Crippen LogP contribution in [0.25, 0.3) is 0 Å². The van der Waals surface area contributed by atoms with Gasteiger partial charge in [-0.05, 0) is 32.9 Å². The van der Waals surface area contributed by atoms with Crippen LogP contribution < -0.4 is 10.9 Å². The van der Waals surface area contributed by atoms with Gasteiger partial charge >= 0.3 is 0 Å². The van der Waals surface area contributed by atoms with Gasteiger partial charge in [0.15, 0.2) is 0 Å². The zero-order valence-corrected chi connectivity index (χ0v) is 9.79. The lowest BCUT2D eigenvalue weighted by Gasteiger charge is -2.16. The van der Waals surface area contributed by atoms with E-state index in [1.54, 1.807) is 12.1 Å². The summed E-state index contributed by atoms with van der Waals surface area (Å²) in [6.45, 7) is 7.95. The first-order valence-electron chi connectivity index (χ1n) is 5.55. The van der Waals surface area contributed by atoms with Crippen molar-refractivity contribution in [3.63, 3.8) is 0 Å². The van der Waals surface area contributed by atoms with Gasteiger partial charge in [0.1, 0.15) is 0 Å². The van der Waals surface area contributed by atoms with Gasteiger partial charge in [0, 0.05) is 24.3 Å². The minimum absolute atomic E-state index is 0.0835. The van der Waals surface area contributed by atoms with Crippen molar-refractivity contribution in [3.05, 3.63) is 34.2 Å². The molecule has 0 spiro atoms. The quantitative estimate of drug-likeness (QED) is 0.796. The summed E-state index contributed by atoms with van der Waals surface area (Å²) in [4.78, 5) is 11.6. The summed E-state index contributed by atoms with van der Waals surface area (Å²) in [6.07, 6.45) is 1.12. The number of hydrogen-bond acceptors (Lipinski definition) is 2. The maximum Gasteiger partial charge on any atom is 0.250 e. The fourth-order valence-electron chi connectivity index (χ4n) is 1.59. The molecule has 3 heteroatoms. The van der Waals surface area contributed by atoms with Crippen LogP contribution in [0.4, 0.5) is 0 Å². The number of rotatable bonds is 5. The van der Waals surface area contributed by atoms with Crippen LogP contribution in [-0.4, -0.2) is 17.2 Å². The van der Waals surface area contributed by atoms with Crippen LogP contribution in [0.5, 0.6) is 0 Å². The Balaban J connectivity index is 2.67. The number of aromatic nitrogens is 1. The molecule has 1 heterocycles. The van der Waals surface area contributed by atoms with E-state index in [0.717, 1.165) is 25.2 Å². The molecule has 0 bridgehead atoms. The molecule has 1 aromatic rings. The zero-order valence-electron chi connectivity index (χ0n) is 9.79. The Morgan fingerprint density at radius 2 is 2.20 bits per heavy atom. The van der Waals surface area contributed by atoms with Gasteiger partial charge in [-0.1, -0.05) is 13.0 Å². The van der Waals surface area contributed by atoms with Gasteiger partial charge in [0.05, 0.1) is 0 Å². The van der Waals surface area contributed by atoms with E-state index in [4.69, 9.17) is 0 Å². The SMILES string of the molecule is CCCNC(C)Cn1c(C)cccc1=O. The van der Waals surface area contributed by atoms with Crippen LogP contribution in [0.15, 0.2) is 23.0 Å². The summed E-state index contributed by atoms with van der Waals surface area (Å²) in [5.41, 5.74) is 1.10. The highest BCUT2D eigenvalue weighted by atomic mass is 16.1. The van der Waals surface area contributed by atoms with Crippen molar-refractivity contribution < 1.29 is 0 Å². The summed E-state index contributed by atoms with van der Waals surface area (Å²) >= 11 is 0. The van der Waals surface area contributed by atoms with E-state index in [9.17, 15) is 4.79 Å². The van der Waals surface area contributed by atoms with Gasteiger partial charge < -0.3 is 9.88 Å². The topological polar surface area (TPSA) is 34.0 Å². The average Bonchev–Trinajstić information content (AvgIpc) is 2.21. The molecule has 1 unspecified atom stereocenters. The van der Waals surface area contributed by atoms with Gasteiger partial charge in [-0.2, -0.15) is 0 Å². The van der Waals surface area contributed by atoms with Gasteiger partial charge in [0.25, 0.3) is 5.56 Å². The summed E-state index contributed by atoms with van der Waals surface area (Å²) in [6, 6.07) is 5.72. The molecule has 0 aliphatic heterocycles. The number of hydrogen-bond donors (Lipinski definition) is 1. The van der Waals surface area contributed by atoms with E-state index >= 15 is 0 Å². The van der Waals surface area contributed by atoms with Crippen molar-refractivity contribution in [1.82, 2.24) is 9.88 Å². The fraction of sp³-hybridized carbons (Fsp3) is 0.583. The maximum atomic E-state index is 11.6. The van der Waals surface area contributed by atoms with Crippen molar-refractivity contribution in [3.8, 4) is 0 Å². The Hall–Kier alpha value is -1.09. The molecule has 0 aromatic carbocycles. The Labute approximate surface area is 91.1 Å². The minimum atomic E-state index is 0.0835. The van der Waals surface area contributed by atoms with Crippen LogP contribution in [-0.2, 0) is 6.54 Å². The molecule has 0 fully saturated rings. The third-order valence-electron chi connectivity index (χ3n) is 2.47. The summed E-state index contributed by atoms with van der Waals surface area (Å²) in [7, 11) is 0. The Kier molecular flexibility index (Phi) is 4.56. The van der Waals surface area contributed by atoms with E-state index in [1.165, 1.54) is 0 Å². The van der Waals surface area contributed by atoms with Gasteiger partial charge in [-0.15, -0.1) is 0 Å². The fourth-order valence-corrected chi connectivity index (χ4v) is 1.59. The zero-order chi connectivity index (χ0) is 11.3. The standard InChI is InChI=1S/C12H20N2O/c1-4-8-13-10(2)9-14-11(3)6-5-7-12(14)15/h5-7,10,13H,4,8-9H2,1-3H3. The largest absolute Gasteiger partial charge is 0.312 e. The molecule has 0 saturated heterocycles. The van der Waals surface area contributed by atoms with Crippen molar-refractivity contribution in [2.45, 2.75) is 39.8 Å². The normalized spacial score (nSPS) is 12.7. The second-order valence-electron chi connectivity index (χ2n) is 3.97. The molecule has 84 valence electrons. The Morgan fingerprint density at radius 3 is 2.80 bits per heavy atom. The first-order valence-corrected chi connectivity index (χ1v) is 5.55. The van der Waals surface area contributed by atoms with Crippen molar-refractivity contribution in [1.29, 1.82) is 0 Å². The lowest BCUT2D eigenvalue weighted by Crippen LogP contribution is -2.35. The van der Waals surface area contributed by atoms with E-state index < -0.39 is 0 Å². The minimum Gasteiger partial charge on any atom is -0.312 e. The van der Waals surface area contributed by atoms with E-state index in [1.807, 2.05) is 17.6 Å². The third kappa shape index (κ3) is 3.51. The molecular formula is C12H20N2O. The van der Waals surface area contributed by atoms with Crippen LogP contribution in [0, 0.1) is 6.92 Å². The number of pyridine rings is 1. The molecular weight excluding hydrogens is 188 g/mol. The highest BCUT2D eigenvalue weighted by molar-refractivity contribution is 5.04. The second kappa shape index (κ2) is 5.71. The van der Waals surface area contributed by atoms with Crippen molar-refractivity contribution >= 4 is 0 Å². The molecule has 1 atom stereocenters. The molecule has 0 saturated carbocycles. The molecule has 15 heavy (non-hydrogen) atoms. The molecule has 0 aliphatic carbocycles. The summed E-state index contributed by atoms with van der Waals surface area (Å²) in [5.74, 6) is 0. The maximum absolute atomic E-state index is 11.6. The highest BCUT2D eigenvalue weighted by Gasteiger charge is 2.04. The molecule has 0 amide bonds. The van der Waals surface area contributed by atoms with Crippen molar-refractivity contribution in [2.75, 3.05) is 6.54 Å². The van der Waals surface area contributed by atoms with E-state index in [2.05, 4.69) is 19.2 Å². The number of nitrogens with one attached hydrogen (secondary N) is 1. The number of nitrogens with zero attached hydrogens (tertiary/aromatic N) is 1. The lowest BCUT2D eigenvalue weighted by atomic mass is 10.3. The van der Waals surface area contributed by atoms with Crippen LogP contribution in [0.3, 0.4) is 0 Å². The van der Waals surface area contributed by atoms with Crippen molar-refractivity contribution in [2.24, 2.45) is 0 Å². The van der Waals surface area contributed by atoms with E-state index in [-0.39, 0.29) is 5.56 Å². The predicted molar refractivity (Wildman–Crippen MR) is 63.2 cm³/mol. The second-order valence-corrected chi connectivity index (χ2v) is 3.97. The molecule has 3 nitrogen and oxygen atoms in total. The lowest BCUT2D eigenvalue weighted by molar-refractivity contribution is 0.464. The Bertz CT molecular complexity index is 357. The van der Waals surface area contributed by atoms with E-state index in [0.29, 0.717) is 6.04 Å². The molecule has 1 rings (SSSR count). The molecule has 1 aromatic heterocycles. The first kappa shape index (κ1) is 12.0. The molecule has 1 N–H and O–H groups in total. The first-order chi connectivity index (χ1) is 7.15. The van der Waals surface area contributed by atoms with Crippen LogP contribution in [0.2, 0.25) is 0 Å². The van der Waals surface area contributed by atoms with Gasteiger partial charge in [0.2, 0.25) is 0 Å². The van der Waals surface area contributed by atoms with Gasteiger partial charge in [-0.25, -0.2) is 0 Å². The van der Waals surface area contributed by atoms with Crippen LogP contribution in [0.1, 0.15) is 26.0 Å². The highest BCUT2D eigenvalue weighted by Crippen LogP contribution is 1.96. The van der Waals surface area contributed by atoms with Crippen LogP contribution >= 0.6 is 0 Å². The Morgan fingerprint density at radius 1 is 1.47 bits per heavy atom. The number of aryl methyl sites for hydroxylation is 1.